The molecule has 4 aromatic rings. The van der Waals surface area contributed by atoms with Crippen LogP contribution in [0.2, 0.25) is 5.02 Å². The van der Waals surface area contributed by atoms with E-state index < -0.39 is 17.7 Å². The Hall–Kier alpha value is -4.18. The highest BCUT2D eigenvalue weighted by molar-refractivity contribution is 6.33. The molecule has 4 rings (SSSR count). The maximum atomic E-state index is 12.8. The summed E-state index contributed by atoms with van der Waals surface area (Å²) in [5, 5.41) is 6.88. The first-order chi connectivity index (χ1) is 17.0. The summed E-state index contributed by atoms with van der Waals surface area (Å²) in [5.41, 5.74) is 2.47. The second kappa shape index (κ2) is 9.82. The summed E-state index contributed by atoms with van der Waals surface area (Å²) in [6.45, 7) is 6.16. The largest absolute Gasteiger partial charge is 0.412 e. The number of rotatable bonds is 6. The molecule has 7 nitrogen and oxygen atoms in total. The summed E-state index contributed by atoms with van der Waals surface area (Å²) in [7, 11) is 0. The normalized spacial score (nSPS) is 12.7. The van der Waals surface area contributed by atoms with Gasteiger partial charge in [0.05, 0.1) is 16.1 Å². The Morgan fingerprint density at radius 2 is 1.94 bits per heavy atom. The summed E-state index contributed by atoms with van der Waals surface area (Å²) < 4.78 is 43.2. The van der Waals surface area contributed by atoms with E-state index in [-0.39, 0.29) is 5.57 Å². The van der Waals surface area contributed by atoms with E-state index in [1.54, 1.807) is 30.3 Å². The quantitative estimate of drug-likeness (QED) is 0.216. The molecule has 2 N–H and O–H groups in total. The second-order valence-corrected chi connectivity index (χ2v) is 8.34. The van der Waals surface area contributed by atoms with Crippen molar-refractivity contribution in [2.24, 2.45) is 0 Å². The predicted molar refractivity (Wildman–Crippen MR) is 131 cm³/mol. The fourth-order valence-corrected chi connectivity index (χ4v) is 3.48. The van der Waals surface area contributed by atoms with Crippen LogP contribution >= 0.6 is 11.6 Å². The summed E-state index contributed by atoms with van der Waals surface area (Å²) in [4.78, 5) is 24.6. The van der Waals surface area contributed by atoms with Crippen molar-refractivity contribution >= 4 is 34.2 Å². The van der Waals surface area contributed by atoms with E-state index in [1.165, 1.54) is 13.3 Å². The molecule has 11 heteroatoms. The van der Waals surface area contributed by atoms with Crippen molar-refractivity contribution in [2.45, 2.75) is 20.0 Å². The van der Waals surface area contributed by atoms with Crippen LogP contribution in [-0.4, -0.2) is 32.2 Å². The monoisotopic (exact) mass is 513 g/mol. The van der Waals surface area contributed by atoms with Crippen LogP contribution in [0.4, 0.5) is 18.9 Å². The smallest absolute Gasteiger partial charge is 0.342 e. The lowest BCUT2D eigenvalue weighted by molar-refractivity contribution is -0.112. The van der Waals surface area contributed by atoms with E-state index in [9.17, 15) is 18.0 Å². The SMILES string of the molecule is C=C(C)/C(=C\C=C(/C)C(F)(F)F)C(=O)Nc1ccc(Cl)c(-c2nc3ccc(-c4ncon4)cc3[nH]2)c1. The molecule has 0 aliphatic carbocycles. The molecule has 36 heavy (non-hydrogen) atoms. The molecule has 0 aliphatic heterocycles. The fourth-order valence-electron chi connectivity index (χ4n) is 3.27. The van der Waals surface area contributed by atoms with Gasteiger partial charge in [0, 0.05) is 28.0 Å². The number of H-pyrrole nitrogens is 1. The molecule has 0 radical (unpaired) electrons. The highest BCUT2D eigenvalue weighted by Gasteiger charge is 2.29. The number of imidazole rings is 1. The standard InChI is InChI=1S/C25H19ClF3N5O2/c1-13(2)17(7-4-14(3)25(27,28)29)24(35)31-16-6-8-19(26)18(11-16)23-32-20-9-5-15(10-21(20)33-23)22-30-12-36-34-22/h4-12H,1H2,2-3H3,(H,31,35)(H,32,33)/b14-4+,17-7+. The van der Waals surface area contributed by atoms with Crippen molar-refractivity contribution in [1.82, 2.24) is 20.1 Å². The molecule has 0 fully saturated rings. The fraction of sp³-hybridized carbons (Fsp3) is 0.120. The van der Waals surface area contributed by atoms with Gasteiger partial charge in [-0.25, -0.2) is 4.98 Å². The molecule has 0 unspecified atom stereocenters. The number of allylic oxidation sites excluding steroid dienone is 3. The zero-order valence-corrected chi connectivity index (χ0v) is 19.8. The summed E-state index contributed by atoms with van der Waals surface area (Å²) in [5.74, 6) is 0.268. The van der Waals surface area contributed by atoms with Crippen molar-refractivity contribution in [3.8, 4) is 22.8 Å². The van der Waals surface area contributed by atoms with Gasteiger partial charge in [-0.2, -0.15) is 18.2 Å². The number of hydrogen-bond acceptors (Lipinski definition) is 5. The highest BCUT2D eigenvalue weighted by Crippen LogP contribution is 2.32. The molecule has 2 aromatic carbocycles. The summed E-state index contributed by atoms with van der Waals surface area (Å²) in [6, 6.07) is 10.2. The van der Waals surface area contributed by atoms with Gasteiger partial charge in [0.2, 0.25) is 12.2 Å². The first kappa shape index (κ1) is 24.9. The van der Waals surface area contributed by atoms with Gasteiger partial charge in [0.15, 0.2) is 0 Å². The maximum Gasteiger partial charge on any atom is 0.412 e. The van der Waals surface area contributed by atoms with Crippen LogP contribution < -0.4 is 5.32 Å². The Kier molecular flexibility index (Phi) is 6.80. The average molecular weight is 514 g/mol. The van der Waals surface area contributed by atoms with Crippen LogP contribution in [-0.2, 0) is 4.79 Å². The lowest BCUT2D eigenvalue weighted by atomic mass is 10.1. The minimum atomic E-state index is -4.49. The van der Waals surface area contributed by atoms with E-state index in [2.05, 4.69) is 32.0 Å². The Morgan fingerprint density at radius 1 is 1.17 bits per heavy atom. The number of nitrogens with zero attached hydrogens (tertiary/aromatic N) is 3. The Bertz CT molecular complexity index is 1520. The van der Waals surface area contributed by atoms with Gasteiger partial charge in [-0.1, -0.05) is 29.4 Å². The van der Waals surface area contributed by atoms with Crippen LogP contribution in [0.15, 0.2) is 82.8 Å². The molecular formula is C25H19ClF3N5O2. The predicted octanol–water partition coefficient (Wildman–Crippen LogP) is 6.88. The van der Waals surface area contributed by atoms with Gasteiger partial charge in [-0.15, -0.1) is 0 Å². The van der Waals surface area contributed by atoms with Crippen molar-refractivity contribution < 1.29 is 22.5 Å². The van der Waals surface area contributed by atoms with Gasteiger partial charge in [0.25, 0.3) is 5.91 Å². The number of alkyl halides is 3. The average Bonchev–Trinajstić information content (AvgIpc) is 3.49. The van der Waals surface area contributed by atoms with Crippen LogP contribution in [0.5, 0.6) is 0 Å². The number of hydrogen-bond donors (Lipinski definition) is 2. The molecule has 1 amide bonds. The Labute approximate surface area is 208 Å². The van der Waals surface area contributed by atoms with E-state index in [4.69, 9.17) is 16.1 Å². The molecule has 0 saturated heterocycles. The second-order valence-electron chi connectivity index (χ2n) is 7.93. The zero-order valence-electron chi connectivity index (χ0n) is 19.1. The van der Waals surface area contributed by atoms with Crippen molar-refractivity contribution in [2.75, 3.05) is 5.32 Å². The summed E-state index contributed by atoms with van der Waals surface area (Å²) in [6.07, 6.45) is -1.32. The number of amides is 1. The molecule has 2 aromatic heterocycles. The third-order valence-electron chi connectivity index (χ3n) is 5.23. The van der Waals surface area contributed by atoms with Gasteiger partial charge in [-0.05, 0) is 61.9 Å². The maximum absolute atomic E-state index is 12.8. The number of carbonyl (C=O) groups excluding carboxylic acids is 1. The third kappa shape index (κ3) is 5.38. The molecule has 0 atom stereocenters. The number of aromatic nitrogens is 4. The molecule has 0 bridgehead atoms. The van der Waals surface area contributed by atoms with Crippen LogP contribution in [0.1, 0.15) is 13.8 Å². The number of nitrogens with one attached hydrogen (secondary N) is 2. The first-order valence-corrected chi connectivity index (χ1v) is 10.9. The topological polar surface area (TPSA) is 96.7 Å². The first-order valence-electron chi connectivity index (χ1n) is 10.5. The van der Waals surface area contributed by atoms with Crippen molar-refractivity contribution in [1.29, 1.82) is 0 Å². The van der Waals surface area contributed by atoms with Crippen LogP contribution in [0.25, 0.3) is 33.8 Å². The van der Waals surface area contributed by atoms with E-state index in [1.807, 2.05) is 6.07 Å². The van der Waals surface area contributed by atoms with Crippen molar-refractivity contribution in [3.63, 3.8) is 0 Å². The zero-order chi connectivity index (χ0) is 26.0. The van der Waals surface area contributed by atoms with Crippen molar-refractivity contribution in [3.05, 3.63) is 83.3 Å². The number of benzene rings is 2. The van der Waals surface area contributed by atoms with Crippen LogP contribution in [0, 0.1) is 0 Å². The van der Waals surface area contributed by atoms with Gasteiger partial charge >= 0.3 is 6.18 Å². The number of halogens is 4. The van der Waals surface area contributed by atoms with Gasteiger partial charge in [-0.3, -0.25) is 4.79 Å². The number of fused-ring (bicyclic) bond motifs is 1. The molecule has 0 aliphatic rings. The van der Waals surface area contributed by atoms with Crippen LogP contribution in [0.3, 0.4) is 0 Å². The van der Waals surface area contributed by atoms with E-state index in [0.717, 1.165) is 24.6 Å². The molecular weight excluding hydrogens is 495 g/mol. The molecule has 0 spiro atoms. The molecule has 184 valence electrons. The number of aromatic amines is 1. The number of carbonyl (C=O) groups is 1. The third-order valence-corrected chi connectivity index (χ3v) is 5.56. The molecule has 2 heterocycles. The summed E-state index contributed by atoms with van der Waals surface area (Å²) >= 11 is 6.40. The lowest BCUT2D eigenvalue weighted by Crippen LogP contribution is -2.15. The number of anilines is 1. The minimum absolute atomic E-state index is 0.00725. The van der Waals surface area contributed by atoms with Gasteiger partial charge in [0.1, 0.15) is 5.82 Å². The van der Waals surface area contributed by atoms with Gasteiger partial charge < -0.3 is 14.8 Å². The minimum Gasteiger partial charge on any atom is -0.342 e. The lowest BCUT2D eigenvalue weighted by Gasteiger charge is -2.11. The van der Waals surface area contributed by atoms with E-state index >= 15 is 0 Å². The Morgan fingerprint density at radius 3 is 2.61 bits per heavy atom. The molecule has 0 saturated carbocycles. The van der Waals surface area contributed by atoms with E-state index in [0.29, 0.717) is 44.5 Å². The highest BCUT2D eigenvalue weighted by atomic mass is 35.5. The Balaban J connectivity index is 1.63.